The molecule has 0 aliphatic rings. The van der Waals surface area contributed by atoms with Gasteiger partial charge in [-0.15, -0.1) is 5.10 Å². The summed E-state index contributed by atoms with van der Waals surface area (Å²) in [5.41, 5.74) is 1.57. The van der Waals surface area contributed by atoms with Crippen molar-refractivity contribution in [2.24, 2.45) is 0 Å². The lowest BCUT2D eigenvalue weighted by atomic mass is 10.2. The van der Waals surface area contributed by atoms with E-state index in [1.165, 1.54) is 17.9 Å². The fourth-order valence-electron chi connectivity index (χ4n) is 2.09. The van der Waals surface area contributed by atoms with Crippen molar-refractivity contribution in [3.05, 3.63) is 65.4 Å². The summed E-state index contributed by atoms with van der Waals surface area (Å²) in [6.07, 6.45) is 0.480. The highest BCUT2D eigenvalue weighted by molar-refractivity contribution is 6.30. The lowest BCUT2D eigenvalue weighted by Crippen LogP contribution is -2.30. The van der Waals surface area contributed by atoms with Crippen LogP contribution in [0.2, 0.25) is 5.02 Å². The smallest absolute Gasteiger partial charge is 0.338 e. The Morgan fingerprint density at radius 2 is 1.81 bits per heavy atom. The van der Waals surface area contributed by atoms with Crippen LogP contribution in [-0.4, -0.2) is 38.2 Å². The zero-order valence-corrected chi connectivity index (χ0v) is 14.4. The second kappa shape index (κ2) is 7.75. The van der Waals surface area contributed by atoms with E-state index in [1.54, 1.807) is 48.5 Å². The molecule has 0 aliphatic carbocycles. The van der Waals surface area contributed by atoms with Gasteiger partial charge in [0.1, 0.15) is 6.33 Å². The Bertz CT molecular complexity index is 895. The van der Waals surface area contributed by atoms with Crippen LogP contribution in [0.1, 0.15) is 17.3 Å². The summed E-state index contributed by atoms with van der Waals surface area (Å²) >= 11 is 5.80. The summed E-state index contributed by atoms with van der Waals surface area (Å²) in [6.45, 7) is 1.50. The second-order valence-electron chi connectivity index (χ2n) is 5.34. The van der Waals surface area contributed by atoms with Gasteiger partial charge in [0.2, 0.25) is 0 Å². The molecule has 0 saturated heterocycles. The molecule has 3 aromatic rings. The van der Waals surface area contributed by atoms with Gasteiger partial charge in [-0.25, -0.2) is 9.48 Å². The molecule has 0 unspecified atom stereocenters. The first kappa shape index (κ1) is 17.6. The van der Waals surface area contributed by atoms with Gasteiger partial charge in [0.15, 0.2) is 6.10 Å². The minimum Gasteiger partial charge on any atom is -0.449 e. The molecule has 1 aromatic heterocycles. The van der Waals surface area contributed by atoms with E-state index >= 15 is 0 Å². The molecule has 3 rings (SSSR count). The van der Waals surface area contributed by atoms with Crippen molar-refractivity contribution < 1.29 is 14.3 Å². The second-order valence-corrected chi connectivity index (χ2v) is 5.78. The summed E-state index contributed by atoms with van der Waals surface area (Å²) in [5, 5.41) is 14.1. The van der Waals surface area contributed by atoms with E-state index in [-0.39, 0.29) is 0 Å². The summed E-state index contributed by atoms with van der Waals surface area (Å²) in [6, 6.07) is 13.1. The van der Waals surface area contributed by atoms with Crippen molar-refractivity contribution in [3.63, 3.8) is 0 Å². The van der Waals surface area contributed by atoms with E-state index < -0.39 is 18.0 Å². The fourth-order valence-corrected chi connectivity index (χ4v) is 2.22. The van der Waals surface area contributed by atoms with Gasteiger partial charge >= 0.3 is 5.97 Å². The number of benzene rings is 2. The maximum absolute atomic E-state index is 12.2. The first-order chi connectivity index (χ1) is 12.5. The van der Waals surface area contributed by atoms with E-state index in [0.717, 1.165) is 0 Å². The summed E-state index contributed by atoms with van der Waals surface area (Å²) in [7, 11) is 0. The molecule has 8 nitrogen and oxygen atoms in total. The minimum atomic E-state index is -0.961. The number of tetrazole rings is 1. The van der Waals surface area contributed by atoms with Gasteiger partial charge in [0.05, 0.1) is 11.3 Å². The number of nitrogens with one attached hydrogen (secondary N) is 1. The third-order valence-electron chi connectivity index (χ3n) is 3.48. The zero-order chi connectivity index (χ0) is 18.5. The van der Waals surface area contributed by atoms with Gasteiger partial charge in [-0.2, -0.15) is 0 Å². The number of nitrogens with zero attached hydrogens (tertiary/aromatic N) is 4. The molecule has 132 valence electrons. The van der Waals surface area contributed by atoms with E-state index in [4.69, 9.17) is 16.3 Å². The third kappa shape index (κ3) is 4.22. The molecule has 1 amide bonds. The van der Waals surface area contributed by atoms with Crippen molar-refractivity contribution in [2.75, 3.05) is 5.32 Å². The van der Waals surface area contributed by atoms with Crippen LogP contribution in [0.15, 0.2) is 54.9 Å². The monoisotopic (exact) mass is 371 g/mol. The average molecular weight is 372 g/mol. The highest BCUT2D eigenvalue weighted by Crippen LogP contribution is 2.14. The van der Waals surface area contributed by atoms with Gasteiger partial charge in [0, 0.05) is 10.7 Å². The standard InChI is InChI=1S/C17H14ClN5O3/c1-11(16(24)20-14-6-4-13(18)5-7-14)26-17(25)12-2-8-15(9-3-12)23-10-19-21-22-23/h2-11H,1H3,(H,20,24)/t11-/m1/s1. The lowest BCUT2D eigenvalue weighted by molar-refractivity contribution is -0.123. The molecule has 2 aromatic carbocycles. The summed E-state index contributed by atoms with van der Waals surface area (Å²) < 4.78 is 6.66. The lowest BCUT2D eigenvalue weighted by Gasteiger charge is -2.13. The molecule has 26 heavy (non-hydrogen) atoms. The van der Waals surface area contributed by atoms with Crippen molar-refractivity contribution in [2.45, 2.75) is 13.0 Å². The summed E-state index contributed by atoms with van der Waals surface area (Å²) in [4.78, 5) is 24.3. The Balaban J connectivity index is 1.59. The zero-order valence-electron chi connectivity index (χ0n) is 13.7. The molecule has 1 N–H and O–H groups in total. The fraction of sp³-hybridized carbons (Fsp3) is 0.118. The highest BCUT2D eigenvalue weighted by atomic mass is 35.5. The number of esters is 1. The quantitative estimate of drug-likeness (QED) is 0.692. The Morgan fingerprint density at radius 1 is 1.12 bits per heavy atom. The Labute approximate surface area is 153 Å². The average Bonchev–Trinajstić information content (AvgIpc) is 3.18. The van der Waals surface area contributed by atoms with Crippen LogP contribution >= 0.6 is 11.6 Å². The predicted octanol–water partition coefficient (Wildman–Crippen LogP) is 2.50. The van der Waals surface area contributed by atoms with Crippen molar-refractivity contribution in [3.8, 4) is 5.69 Å². The van der Waals surface area contributed by atoms with Crippen molar-refractivity contribution >= 4 is 29.2 Å². The van der Waals surface area contributed by atoms with E-state index in [0.29, 0.717) is 22.0 Å². The number of anilines is 1. The molecule has 1 heterocycles. The predicted molar refractivity (Wildman–Crippen MR) is 94.1 cm³/mol. The van der Waals surface area contributed by atoms with Crippen LogP contribution in [0, 0.1) is 0 Å². The number of rotatable bonds is 5. The number of ether oxygens (including phenoxy) is 1. The normalized spacial score (nSPS) is 11.6. The third-order valence-corrected chi connectivity index (χ3v) is 3.73. The maximum Gasteiger partial charge on any atom is 0.338 e. The van der Waals surface area contributed by atoms with Crippen LogP contribution in [0.25, 0.3) is 5.69 Å². The Morgan fingerprint density at radius 3 is 2.42 bits per heavy atom. The SMILES string of the molecule is C[C@@H](OC(=O)c1ccc(-n2cnnn2)cc1)C(=O)Nc1ccc(Cl)cc1. The van der Waals surface area contributed by atoms with Crippen molar-refractivity contribution in [1.82, 2.24) is 20.2 Å². The van der Waals surface area contributed by atoms with Crippen molar-refractivity contribution in [1.29, 1.82) is 0 Å². The number of carbonyl (C=O) groups excluding carboxylic acids is 2. The molecule has 0 fully saturated rings. The van der Waals surface area contributed by atoms with Crippen LogP contribution in [0.5, 0.6) is 0 Å². The number of hydrogen-bond donors (Lipinski definition) is 1. The van der Waals surface area contributed by atoms with Crippen LogP contribution in [-0.2, 0) is 9.53 Å². The van der Waals surface area contributed by atoms with Gasteiger partial charge in [-0.3, -0.25) is 4.79 Å². The van der Waals surface area contributed by atoms with Crippen LogP contribution in [0.3, 0.4) is 0 Å². The Kier molecular flexibility index (Phi) is 5.23. The topological polar surface area (TPSA) is 99.0 Å². The van der Waals surface area contributed by atoms with E-state index in [1.807, 2.05) is 0 Å². The molecule has 0 spiro atoms. The largest absolute Gasteiger partial charge is 0.449 e. The maximum atomic E-state index is 12.2. The van der Waals surface area contributed by atoms with Gasteiger partial charge in [-0.1, -0.05) is 11.6 Å². The molecule has 0 aliphatic heterocycles. The van der Waals surface area contributed by atoms with E-state index in [9.17, 15) is 9.59 Å². The molecule has 0 saturated carbocycles. The first-order valence-electron chi connectivity index (χ1n) is 7.64. The van der Waals surface area contributed by atoms with Gasteiger partial charge < -0.3 is 10.1 Å². The summed E-state index contributed by atoms with van der Waals surface area (Å²) in [5.74, 6) is -1.04. The van der Waals surface area contributed by atoms with E-state index in [2.05, 4.69) is 20.8 Å². The molecular weight excluding hydrogens is 358 g/mol. The molecule has 1 atom stereocenters. The minimum absolute atomic E-state index is 0.313. The van der Waals surface area contributed by atoms with Gasteiger partial charge in [0.25, 0.3) is 5.91 Å². The highest BCUT2D eigenvalue weighted by Gasteiger charge is 2.19. The number of halogens is 1. The number of amides is 1. The van der Waals surface area contributed by atoms with Crippen LogP contribution < -0.4 is 5.32 Å². The molecule has 0 radical (unpaired) electrons. The molecule has 0 bridgehead atoms. The van der Waals surface area contributed by atoms with Crippen LogP contribution in [0.4, 0.5) is 5.69 Å². The molecule has 9 heteroatoms. The molecular formula is C17H14ClN5O3. The Hall–Kier alpha value is -3.26. The first-order valence-corrected chi connectivity index (χ1v) is 8.01. The number of aromatic nitrogens is 4. The number of hydrogen-bond acceptors (Lipinski definition) is 6. The number of carbonyl (C=O) groups is 2. The van der Waals surface area contributed by atoms with Gasteiger partial charge in [-0.05, 0) is 65.9 Å².